The minimum Gasteiger partial charge on any atom is -0.506 e. The van der Waals surface area contributed by atoms with Crippen LogP contribution >= 0.6 is 11.6 Å². The molecule has 24 heavy (non-hydrogen) atoms. The van der Waals surface area contributed by atoms with E-state index < -0.39 is 0 Å². The van der Waals surface area contributed by atoms with Crippen LogP contribution in [0.1, 0.15) is 6.92 Å². The van der Waals surface area contributed by atoms with Gasteiger partial charge in [0.05, 0.1) is 10.7 Å². The van der Waals surface area contributed by atoms with E-state index in [9.17, 15) is 9.90 Å². The van der Waals surface area contributed by atoms with Gasteiger partial charge in [0.2, 0.25) is 5.91 Å². The quantitative estimate of drug-likeness (QED) is 0.392. The van der Waals surface area contributed by atoms with Crippen LogP contribution in [0.2, 0.25) is 5.02 Å². The molecule has 0 aliphatic heterocycles. The zero-order valence-corrected chi connectivity index (χ0v) is 13.2. The zero-order chi connectivity index (χ0) is 16.8. The molecule has 0 bridgehead atoms. The number of benzene rings is 2. The van der Waals surface area contributed by atoms with Crippen molar-refractivity contribution in [2.75, 3.05) is 0 Å². The molecule has 1 amide bonds. The highest BCUT2D eigenvalue weighted by Gasteiger charge is 2.18. The number of halogens is 1. The Kier molecular flexibility index (Phi) is 3.21. The van der Waals surface area contributed by atoms with Crippen LogP contribution < -0.4 is 5.36 Å². The first-order valence-corrected chi connectivity index (χ1v) is 7.48. The smallest absolute Gasteiger partial charge is 0.243 e. The standard InChI is InChI=1S/C17H10ClN3O3/c1-8(22)20-10-5-2-4-9-12(10)15(23)13(18)16-14(9)21-17-11(24-16)6-3-7-19-17/h2-7,23H,1H3. The summed E-state index contributed by atoms with van der Waals surface area (Å²) >= 11 is 6.28. The van der Waals surface area contributed by atoms with Crippen molar-refractivity contribution in [3.05, 3.63) is 46.9 Å². The number of aromatic nitrogens is 2. The van der Waals surface area contributed by atoms with E-state index in [0.717, 1.165) is 0 Å². The number of nitrogens with zero attached hydrogens (tertiary/aromatic N) is 3. The Bertz CT molecular complexity index is 1210. The maximum absolute atomic E-state index is 11.4. The lowest BCUT2D eigenvalue weighted by atomic mass is 10.1. The number of hydrogen-bond donors (Lipinski definition) is 1. The fraction of sp³-hybridized carbons (Fsp3) is 0.0588. The van der Waals surface area contributed by atoms with Crippen LogP contribution in [-0.4, -0.2) is 21.0 Å². The SMILES string of the molecule is CC(=O)N=c1cccc2c1c(O)c(Cl)c1oc3cccnc3nc12. The molecule has 7 heteroatoms. The molecule has 4 rings (SSSR count). The predicted octanol–water partition coefficient (Wildman–Crippen LogP) is 3.34. The predicted molar refractivity (Wildman–Crippen MR) is 89.7 cm³/mol. The molecule has 0 unspecified atom stereocenters. The average Bonchev–Trinajstić information content (AvgIpc) is 2.58. The van der Waals surface area contributed by atoms with E-state index in [4.69, 9.17) is 16.0 Å². The van der Waals surface area contributed by atoms with Crippen molar-refractivity contribution >= 4 is 50.6 Å². The number of pyridine rings is 1. The van der Waals surface area contributed by atoms with Gasteiger partial charge in [-0.2, -0.15) is 0 Å². The van der Waals surface area contributed by atoms with Gasteiger partial charge in [-0.15, -0.1) is 0 Å². The van der Waals surface area contributed by atoms with E-state index >= 15 is 0 Å². The Morgan fingerprint density at radius 2 is 2.12 bits per heavy atom. The van der Waals surface area contributed by atoms with Gasteiger partial charge in [-0.25, -0.2) is 15.0 Å². The van der Waals surface area contributed by atoms with Gasteiger partial charge in [-0.3, -0.25) is 4.79 Å². The number of amides is 1. The monoisotopic (exact) mass is 339 g/mol. The van der Waals surface area contributed by atoms with Crippen LogP contribution in [0.4, 0.5) is 0 Å². The van der Waals surface area contributed by atoms with E-state index in [2.05, 4.69) is 15.0 Å². The van der Waals surface area contributed by atoms with Gasteiger partial charge in [0.15, 0.2) is 16.8 Å². The lowest BCUT2D eigenvalue weighted by Crippen LogP contribution is -2.06. The second-order valence-corrected chi connectivity index (χ2v) is 5.59. The third kappa shape index (κ3) is 2.11. The van der Waals surface area contributed by atoms with Crippen LogP contribution in [0.3, 0.4) is 0 Å². The van der Waals surface area contributed by atoms with Crippen LogP contribution in [0.25, 0.3) is 33.1 Å². The summed E-state index contributed by atoms with van der Waals surface area (Å²) in [6, 6.07) is 8.54. The minimum absolute atomic E-state index is 0.0157. The summed E-state index contributed by atoms with van der Waals surface area (Å²) < 4.78 is 5.77. The molecule has 0 aliphatic rings. The van der Waals surface area contributed by atoms with Gasteiger partial charge in [-0.05, 0) is 18.2 Å². The molecule has 6 nitrogen and oxygen atoms in total. The minimum atomic E-state index is -0.379. The number of hydrogen-bond acceptors (Lipinski definition) is 5. The molecule has 118 valence electrons. The maximum Gasteiger partial charge on any atom is 0.243 e. The normalized spacial score (nSPS) is 12.3. The summed E-state index contributed by atoms with van der Waals surface area (Å²) in [5.41, 5.74) is 1.57. The first-order valence-electron chi connectivity index (χ1n) is 7.10. The first-order chi connectivity index (χ1) is 11.6. The summed E-state index contributed by atoms with van der Waals surface area (Å²) in [6.07, 6.45) is 1.61. The molecule has 4 aromatic rings. The molecule has 2 heterocycles. The number of phenols is 1. The fourth-order valence-corrected chi connectivity index (χ4v) is 2.88. The van der Waals surface area contributed by atoms with Crippen LogP contribution in [0.15, 0.2) is 45.9 Å². The third-order valence-corrected chi connectivity index (χ3v) is 3.97. The van der Waals surface area contributed by atoms with Gasteiger partial charge in [0, 0.05) is 18.5 Å². The average molecular weight is 340 g/mol. The highest BCUT2D eigenvalue weighted by Crippen LogP contribution is 2.39. The summed E-state index contributed by atoms with van der Waals surface area (Å²) in [5, 5.41) is 11.8. The molecular formula is C17H10ClN3O3. The summed E-state index contributed by atoms with van der Waals surface area (Å²) in [4.78, 5) is 24.0. The molecular weight excluding hydrogens is 330 g/mol. The highest BCUT2D eigenvalue weighted by molar-refractivity contribution is 6.38. The lowest BCUT2D eigenvalue weighted by Gasteiger charge is -2.09. The molecule has 0 fully saturated rings. The number of rotatable bonds is 0. The van der Waals surface area contributed by atoms with Crippen LogP contribution in [0, 0.1) is 0 Å². The Hall–Kier alpha value is -2.99. The van der Waals surface area contributed by atoms with Crippen molar-refractivity contribution in [2.24, 2.45) is 4.99 Å². The highest BCUT2D eigenvalue weighted by atomic mass is 35.5. The van der Waals surface area contributed by atoms with Crippen LogP contribution in [-0.2, 0) is 4.79 Å². The second-order valence-electron chi connectivity index (χ2n) is 5.21. The number of fused-ring (bicyclic) bond motifs is 4. The fourth-order valence-electron chi connectivity index (χ4n) is 2.66. The van der Waals surface area contributed by atoms with Gasteiger partial charge in [0.1, 0.15) is 16.3 Å². The van der Waals surface area contributed by atoms with Crippen molar-refractivity contribution in [1.29, 1.82) is 0 Å². The Morgan fingerprint density at radius 1 is 1.29 bits per heavy atom. The van der Waals surface area contributed by atoms with Gasteiger partial charge in [0.25, 0.3) is 0 Å². The van der Waals surface area contributed by atoms with Gasteiger partial charge < -0.3 is 9.52 Å². The zero-order valence-electron chi connectivity index (χ0n) is 12.4. The number of aromatic hydroxyl groups is 1. The number of carbonyl (C=O) groups excluding carboxylic acids is 1. The van der Waals surface area contributed by atoms with Gasteiger partial charge >= 0.3 is 0 Å². The van der Waals surface area contributed by atoms with E-state index in [-0.39, 0.29) is 22.3 Å². The van der Waals surface area contributed by atoms with Crippen molar-refractivity contribution in [3.63, 3.8) is 0 Å². The molecule has 0 atom stereocenters. The number of carbonyl (C=O) groups is 1. The van der Waals surface area contributed by atoms with Crippen molar-refractivity contribution in [1.82, 2.24) is 9.97 Å². The third-order valence-electron chi connectivity index (χ3n) is 3.62. The van der Waals surface area contributed by atoms with E-state index in [1.165, 1.54) is 6.92 Å². The molecule has 2 aromatic heterocycles. The Morgan fingerprint density at radius 3 is 2.92 bits per heavy atom. The molecule has 0 radical (unpaired) electrons. The summed E-state index contributed by atoms with van der Waals surface area (Å²) in [6.45, 7) is 1.34. The molecule has 0 spiro atoms. The molecule has 0 aliphatic carbocycles. The largest absolute Gasteiger partial charge is 0.506 e. The van der Waals surface area contributed by atoms with Gasteiger partial charge in [-0.1, -0.05) is 23.7 Å². The Labute approximate surface area is 140 Å². The summed E-state index contributed by atoms with van der Waals surface area (Å²) in [5.74, 6) is -0.579. The van der Waals surface area contributed by atoms with Crippen molar-refractivity contribution < 1.29 is 14.3 Å². The molecule has 1 N–H and O–H groups in total. The Balaban J connectivity index is 2.30. The molecule has 2 aromatic carbocycles. The second kappa shape index (κ2) is 5.28. The summed E-state index contributed by atoms with van der Waals surface area (Å²) in [7, 11) is 0. The van der Waals surface area contributed by atoms with E-state index in [0.29, 0.717) is 32.9 Å². The van der Waals surface area contributed by atoms with Crippen molar-refractivity contribution in [3.8, 4) is 5.75 Å². The molecule has 0 saturated heterocycles. The van der Waals surface area contributed by atoms with E-state index in [1.54, 1.807) is 36.5 Å². The van der Waals surface area contributed by atoms with Crippen molar-refractivity contribution in [2.45, 2.75) is 6.92 Å². The van der Waals surface area contributed by atoms with Crippen LogP contribution in [0.5, 0.6) is 5.75 Å². The maximum atomic E-state index is 11.4. The lowest BCUT2D eigenvalue weighted by molar-refractivity contribution is -0.116. The topological polar surface area (TPSA) is 88.6 Å². The van der Waals surface area contributed by atoms with E-state index in [1.807, 2.05) is 0 Å². The number of phenolic OH excluding ortho intramolecular Hbond substituents is 1. The molecule has 0 saturated carbocycles. The first kappa shape index (κ1) is 14.6.